The Morgan fingerprint density at radius 1 is 0.720 bits per heavy atom. The monoisotopic (exact) mass is 340 g/mol. The maximum Gasteiger partial charge on any atom is 0.119 e. The minimum atomic E-state index is 0.303. The lowest BCUT2D eigenvalue weighted by Crippen LogP contribution is -1.93. The second-order valence-corrected chi connectivity index (χ2v) is 5.09. The first-order valence-corrected chi connectivity index (χ1v) is 8.97. The summed E-state index contributed by atoms with van der Waals surface area (Å²) >= 11 is 0. The van der Waals surface area contributed by atoms with Crippen molar-refractivity contribution in [1.82, 2.24) is 0 Å². The van der Waals surface area contributed by atoms with Crippen LogP contribution in [0.5, 0.6) is 11.5 Å². The third-order valence-electron chi connectivity index (χ3n) is 3.42. The quantitative estimate of drug-likeness (QED) is 0.615. The van der Waals surface area contributed by atoms with Crippen LogP contribution in [0.2, 0.25) is 0 Å². The van der Waals surface area contributed by atoms with Crippen LogP contribution in [0, 0.1) is 0 Å². The zero-order valence-corrected chi connectivity index (χ0v) is 16.0. The highest BCUT2D eigenvalue weighted by atomic mass is 16.3. The molecule has 0 atom stereocenters. The van der Waals surface area contributed by atoms with E-state index in [0.29, 0.717) is 24.3 Å². The summed E-state index contributed by atoms with van der Waals surface area (Å²) in [6.07, 6.45) is 5.62. The van der Waals surface area contributed by atoms with Gasteiger partial charge in [0.05, 0.1) is 0 Å². The van der Waals surface area contributed by atoms with Crippen LogP contribution in [0.3, 0.4) is 0 Å². The molecule has 0 amide bonds. The topological polar surface area (TPSA) is 40.5 Å². The number of hydrogen-bond donors (Lipinski definition) is 2. The molecule has 0 heterocycles. The normalized spacial score (nSPS) is 9.12. The predicted octanol–water partition coefficient (Wildman–Crippen LogP) is 6.20. The molecule has 2 N–H and O–H groups in total. The number of phenols is 2. The standard InChI is InChI=1S/C19H20O2.2C2H6/c1-3-5-16-12-14(7-9-18(16)20)11-15-8-10-19(21)17(13-15)6-4-2;2*1-2/h3-4,7-10,12-13,20-21H,1-2,5-6,11H2;2*1-2H3. The lowest BCUT2D eigenvalue weighted by atomic mass is 9.98. The highest BCUT2D eigenvalue weighted by Crippen LogP contribution is 2.24. The second kappa shape index (κ2) is 12.9. The molecule has 0 spiro atoms. The highest BCUT2D eigenvalue weighted by Gasteiger charge is 2.05. The number of rotatable bonds is 6. The van der Waals surface area contributed by atoms with Gasteiger partial charge in [-0.25, -0.2) is 0 Å². The Kier molecular flexibility index (Phi) is 11.6. The third-order valence-corrected chi connectivity index (χ3v) is 3.42. The fraction of sp³-hybridized carbons (Fsp3) is 0.304. The minimum absolute atomic E-state index is 0.303. The molecule has 0 aliphatic heterocycles. The van der Waals surface area contributed by atoms with Crippen molar-refractivity contribution in [3.8, 4) is 11.5 Å². The maximum atomic E-state index is 9.79. The van der Waals surface area contributed by atoms with Crippen LogP contribution < -0.4 is 0 Å². The van der Waals surface area contributed by atoms with Gasteiger partial charge in [-0.15, -0.1) is 13.2 Å². The largest absolute Gasteiger partial charge is 0.508 e. The van der Waals surface area contributed by atoms with Crippen molar-refractivity contribution in [2.24, 2.45) is 0 Å². The molecule has 0 unspecified atom stereocenters. The Morgan fingerprint density at radius 2 is 1.08 bits per heavy atom. The lowest BCUT2D eigenvalue weighted by Gasteiger charge is -2.09. The zero-order chi connectivity index (χ0) is 19.2. The van der Waals surface area contributed by atoms with E-state index in [1.165, 1.54) is 0 Å². The summed E-state index contributed by atoms with van der Waals surface area (Å²) in [6.45, 7) is 15.4. The average Bonchev–Trinajstić information content (AvgIpc) is 2.64. The summed E-state index contributed by atoms with van der Waals surface area (Å²) in [5.41, 5.74) is 4.01. The van der Waals surface area contributed by atoms with E-state index in [-0.39, 0.29) is 0 Å². The van der Waals surface area contributed by atoms with Crippen molar-refractivity contribution in [3.63, 3.8) is 0 Å². The molecular weight excluding hydrogens is 308 g/mol. The maximum absolute atomic E-state index is 9.79. The number of allylic oxidation sites excluding steroid dienone is 2. The first-order valence-electron chi connectivity index (χ1n) is 8.97. The molecule has 0 aromatic heterocycles. The average molecular weight is 341 g/mol. The summed E-state index contributed by atoms with van der Waals surface area (Å²) in [6, 6.07) is 11.3. The molecule has 2 nitrogen and oxygen atoms in total. The second-order valence-electron chi connectivity index (χ2n) is 5.09. The minimum Gasteiger partial charge on any atom is -0.508 e. The first-order chi connectivity index (χ1) is 12.1. The van der Waals surface area contributed by atoms with Crippen molar-refractivity contribution < 1.29 is 10.2 Å². The Labute approximate surface area is 153 Å². The van der Waals surface area contributed by atoms with Gasteiger partial charge in [-0.2, -0.15) is 0 Å². The Morgan fingerprint density at radius 3 is 1.40 bits per heavy atom. The molecular formula is C23H32O2. The van der Waals surface area contributed by atoms with E-state index >= 15 is 0 Å². The Hall–Kier alpha value is -2.48. The molecule has 25 heavy (non-hydrogen) atoms. The van der Waals surface area contributed by atoms with Gasteiger partial charge in [-0.05, 0) is 53.6 Å². The van der Waals surface area contributed by atoms with Gasteiger partial charge in [-0.3, -0.25) is 0 Å². The fourth-order valence-electron chi connectivity index (χ4n) is 2.37. The molecule has 2 aromatic rings. The number of aromatic hydroxyl groups is 2. The van der Waals surface area contributed by atoms with Crippen molar-refractivity contribution in [2.75, 3.05) is 0 Å². The van der Waals surface area contributed by atoms with Crippen LogP contribution in [0.25, 0.3) is 0 Å². The molecule has 0 radical (unpaired) electrons. The Balaban J connectivity index is 0.00000134. The van der Waals surface area contributed by atoms with Gasteiger partial charge in [0, 0.05) is 0 Å². The third kappa shape index (κ3) is 7.30. The van der Waals surface area contributed by atoms with Crippen molar-refractivity contribution >= 4 is 0 Å². The van der Waals surface area contributed by atoms with Crippen LogP contribution in [0.4, 0.5) is 0 Å². The molecule has 0 saturated carbocycles. The zero-order valence-electron chi connectivity index (χ0n) is 16.0. The van der Waals surface area contributed by atoms with E-state index in [4.69, 9.17) is 0 Å². The van der Waals surface area contributed by atoms with E-state index < -0.39 is 0 Å². The summed E-state index contributed by atoms with van der Waals surface area (Å²) in [4.78, 5) is 0. The summed E-state index contributed by atoms with van der Waals surface area (Å²) < 4.78 is 0. The van der Waals surface area contributed by atoms with Crippen molar-refractivity contribution in [2.45, 2.75) is 47.0 Å². The number of benzene rings is 2. The van der Waals surface area contributed by atoms with Crippen LogP contribution >= 0.6 is 0 Å². The van der Waals surface area contributed by atoms with Crippen LogP contribution in [0.15, 0.2) is 61.7 Å². The molecule has 136 valence electrons. The molecule has 0 fully saturated rings. The summed E-state index contributed by atoms with van der Waals surface area (Å²) in [5, 5.41) is 19.6. The molecule has 0 bridgehead atoms. The molecule has 2 heteroatoms. The van der Waals surface area contributed by atoms with Gasteiger partial charge in [-0.1, -0.05) is 64.1 Å². The SMILES string of the molecule is C=CCc1cc(Cc2ccc(O)c(CC=C)c2)ccc1O.CC.CC. The van der Waals surface area contributed by atoms with Crippen molar-refractivity contribution in [3.05, 3.63) is 84.0 Å². The van der Waals surface area contributed by atoms with Crippen molar-refractivity contribution in [1.29, 1.82) is 0 Å². The molecule has 2 aromatic carbocycles. The molecule has 0 saturated heterocycles. The highest BCUT2D eigenvalue weighted by molar-refractivity contribution is 5.42. The Bertz CT molecular complexity index is 600. The predicted molar refractivity (Wildman–Crippen MR) is 110 cm³/mol. The van der Waals surface area contributed by atoms with E-state index in [1.54, 1.807) is 24.3 Å². The van der Waals surface area contributed by atoms with E-state index in [9.17, 15) is 10.2 Å². The van der Waals surface area contributed by atoms with E-state index in [1.807, 2.05) is 52.0 Å². The molecule has 0 aliphatic rings. The summed E-state index contributed by atoms with van der Waals surface area (Å²) in [5.74, 6) is 0.605. The summed E-state index contributed by atoms with van der Waals surface area (Å²) in [7, 11) is 0. The smallest absolute Gasteiger partial charge is 0.119 e. The van der Waals surface area contributed by atoms with Gasteiger partial charge < -0.3 is 10.2 Å². The van der Waals surface area contributed by atoms with Crippen LogP contribution in [-0.2, 0) is 19.3 Å². The van der Waals surface area contributed by atoms with Gasteiger partial charge in [0.25, 0.3) is 0 Å². The van der Waals surface area contributed by atoms with Crippen LogP contribution in [0.1, 0.15) is 49.9 Å². The number of hydrogen-bond acceptors (Lipinski definition) is 2. The van der Waals surface area contributed by atoms with Gasteiger partial charge in [0.1, 0.15) is 11.5 Å². The fourth-order valence-corrected chi connectivity index (χ4v) is 2.37. The lowest BCUT2D eigenvalue weighted by molar-refractivity contribution is 0.469. The number of phenolic OH excluding ortho intramolecular Hbond substituents is 2. The molecule has 2 rings (SSSR count). The van der Waals surface area contributed by atoms with Gasteiger partial charge >= 0.3 is 0 Å². The van der Waals surface area contributed by atoms with Gasteiger partial charge in [0.15, 0.2) is 0 Å². The van der Waals surface area contributed by atoms with Crippen LogP contribution in [-0.4, -0.2) is 10.2 Å². The van der Waals surface area contributed by atoms with E-state index in [0.717, 1.165) is 28.7 Å². The first kappa shape index (κ1) is 22.5. The van der Waals surface area contributed by atoms with Gasteiger partial charge in [0.2, 0.25) is 0 Å². The molecule has 0 aliphatic carbocycles. The van der Waals surface area contributed by atoms with E-state index in [2.05, 4.69) is 13.2 Å².